The molecular weight excluding hydrogens is 1060 g/mol. The summed E-state index contributed by atoms with van der Waals surface area (Å²) in [4.78, 5) is 0. The van der Waals surface area contributed by atoms with Crippen molar-refractivity contribution in [2.45, 2.75) is 519 Å². The summed E-state index contributed by atoms with van der Waals surface area (Å²) in [6.07, 6.45) is 40.0. The number of hydrogen-bond donors (Lipinski definition) is 0. The molecule has 0 bridgehead atoms. The Labute approximate surface area is 586 Å². The van der Waals surface area contributed by atoms with Crippen LogP contribution in [0.1, 0.15) is 519 Å². The minimum Gasteiger partial charge on any atom is -0.0776 e. The van der Waals surface area contributed by atoms with Crippen molar-refractivity contribution in [2.75, 3.05) is 0 Å². The Balaban J connectivity index is -0.0000000225. The Morgan fingerprint density at radius 2 is 0.489 bits per heavy atom. The highest BCUT2D eigenvalue weighted by Crippen LogP contribution is 2.32. The van der Waals surface area contributed by atoms with Crippen molar-refractivity contribution in [1.29, 1.82) is 0 Å². The molecule has 576 valence electrons. The lowest BCUT2D eigenvalue weighted by Gasteiger charge is -2.22. The molecule has 0 aliphatic heterocycles. The van der Waals surface area contributed by atoms with Crippen LogP contribution in [0.4, 0.5) is 0 Å². The van der Waals surface area contributed by atoms with Gasteiger partial charge in [-0.1, -0.05) is 519 Å². The molecular formula is C88H224. The van der Waals surface area contributed by atoms with Crippen molar-refractivity contribution in [3.8, 4) is 0 Å². The molecule has 0 aromatic rings. The summed E-state index contributed by atoms with van der Waals surface area (Å²) in [5.74, 6) is 10.1. The van der Waals surface area contributed by atoms with E-state index in [1.807, 2.05) is 27.7 Å². The molecule has 1 unspecified atom stereocenters. The molecule has 0 saturated heterocycles. The summed E-state index contributed by atoms with van der Waals surface area (Å²) in [6.45, 7) is 74.7. The third-order valence-electron chi connectivity index (χ3n) is 13.2. The monoisotopic (exact) mass is 1280 g/mol. The van der Waals surface area contributed by atoms with E-state index in [0.29, 0.717) is 10.8 Å². The topological polar surface area (TPSA) is 0 Å². The van der Waals surface area contributed by atoms with Crippen LogP contribution in [0.15, 0.2) is 0 Å². The Morgan fingerprint density at radius 1 is 0.307 bits per heavy atom. The molecule has 0 amide bonds. The highest BCUT2D eigenvalue weighted by atomic mass is 14.2. The molecule has 0 aromatic carbocycles. The standard InChI is InChI=1S/C7H14.2C6H12.C6H14.2C5H10.4C5H12.C4H8.2C4H10.C3H8.2C2H6.14CH4/c1-6-4-3-5-7(6)2;1-6-4-2-3-5-6;1-2-6-4-3-5-6;1-5-6(2,3)4;1-5-3-2-4-5;1-2-5-3-4-5;1-5(2,3)4;2*1-4-5(2)3;1-3-5-4-2;1-4-2-3-4;1-4(2)3;1-3-4-2;1-3-2;2*1-2;;;;;;;;;;;;;;/h6-7H,3-5H2,1-2H3;2*6H,2-5H2,1H3;5H2,1-4H3;2*5H,2-4H2,1H3;1-4H3;2*5H,4H2,1-3H3;3-5H2,1-2H3;4H,2-3H2,1H3;4H,1-3H3;3-4H2,1-2H3;3H2,1-2H3;2*1-2H3;14*1H4/t6-,7?;;;;;;;;;;;;;;;;;;;;;;;;;;;;;/m1............................./s1. The number of unbranched alkanes of at least 4 members (excludes halogenated alkanes) is 3. The molecule has 6 aliphatic rings. The van der Waals surface area contributed by atoms with Crippen molar-refractivity contribution < 1.29 is 0 Å². The molecule has 6 aliphatic carbocycles. The quantitative estimate of drug-likeness (QED) is 0.238. The number of rotatable bonds is 7. The van der Waals surface area contributed by atoms with Crippen molar-refractivity contribution >= 4 is 0 Å². The fraction of sp³-hybridized carbons (Fsp3) is 1.00. The van der Waals surface area contributed by atoms with Crippen LogP contribution < -0.4 is 0 Å². The molecule has 0 heterocycles. The zero-order valence-electron chi connectivity index (χ0n) is 60.6. The van der Waals surface area contributed by atoms with Crippen molar-refractivity contribution in [3.05, 3.63) is 0 Å². The molecule has 6 fully saturated rings. The molecule has 88 heavy (non-hydrogen) atoms. The molecule has 0 aromatic heterocycles. The highest BCUT2D eigenvalue weighted by Gasteiger charge is 2.18. The molecule has 0 spiro atoms. The third-order valence-corrected chi connectivity index (χ3v) is 13.2. The normalized spacial score (nSPS) is 14.8. The first kappa shape index (κ1) is 163. The van der Waals surface area contributed by atoms with Gasteiger partial charge in [-0.2, -0.15) is 0 Å². The number of hydrogen-bond acceptors (Lipinski definition) is 0. The lowest BCUT2D eigenvalue weighted by atomic mass is 9.84. The maximum Gasteiger partial charge on any atom is -0.0385 e. The minimum absolute atomic E-state index is 0. The predicted molar refractivity (Wildman–Crippen MR) is 456 cm³/mol. The fourth-order valence-corrected chi connectivity index (χ4v) is 5.02. The molecule has 6 saturated carbocycles. The van der Waals surface area contributed by atoms with E-state index in [0.717, 1.165) is 59.2 Å². The predicted octanol–water partition coefficient (Wildman–Crippen LogP) is 38.5. The average molecular weight is 1280 g/mol. The zero-order chi connectivity index (χ0) is 60.6. The summed E-state index contributed by atoms with van der Waals surface area (Å²) < 4.78 is 0. The maximum atomic E-state index is 2.36. The Hall–Kier alpha value is 0. The van der Waals surface area contributed by atoms with Gasteiger partial charge in [0.05, 0.1) is 0 Å². The summed E-state index contributed by atoms with van der Waals surface area (Å²) in [7, 11) is 0. The largest absolute Gasteiger partial charge is 0.0776 e. The van der Waals surface area contributed by atoms with Gasteiger partial charge in [0.2, 0.25) is 0 Å². The Morgan fingerprint density at radius 3 is 0.511 bits per heavy atom. The Kier molecular flexibility index (Phi) is 243. The van der Waals surface area contributed by atoms with Gasteiger partial charge in [-0.3, -0.25) is 0 Å². The fourth-order valence-electron chi connectivity index (χ4n) is 5.02. The van der Waals surface area contributed by atoms with Gasteiger partial charge in [0.15, 0.2) is 0 Å². The van der Waals surface area contributed by atoms with Crippen molar-refractivity contribution in [3.63, 3.8) is 0 Å². The van der Waals surface area contributed by atoms with Gasteiger partial charge in [-0.05, 0) is 70.0 Å². The van der Waals surface area contributed by atoms with Gasteiger partial charge < -0.3 is 0 Å². The summed E-state index contributed by atoms with van der Waals surface area (Å²) in [5, 5.41) is 0. The van der Waals surface area contributed by atoms with E-state index in [1.54, 1.807) is 0 Å². The van der Waals surface area contributed by atoms with Gasteiger partial charge in [-0.15, -0.1) is 0 Å². The lowest BCUT2D eigenvalue weighted by molar-refractivity contribution is 0.307. The van der Waals surface area contributed by atoms with Crippen LogP contribution in [0, 0.1) is 70.0 Å². The van der Waals surface area contributed by atoms with E-state index in [-0.39, 0.29) is 104 Å². The van der Waals surface area contributed by atoms with E-state index in [4.69, 9.17) is 0 Å². The summed E-state index contributed by atoms with van der Waals surface area (Å²) >= 11 is 0. The molecule has 2 atom stereocenters. The van der Waals surface area contributed by atoms with Gasteiger partial charge >= 0.3 is 0 Å². The van der Waals surface area contributed by atoms with Crippen LogP contribution in [-0.2, 0) is 0 Å². The zero-order valence-corrected chi connectivity index (χ0v) is 60.6. The smallest absolute Gasteiger partial charge is 0.0385 e. The second-order valence-electron chi connectivity index (χ2n) is 27.4. The summed E-state index contributed by atoms with van der Waals surface area (Å²) in [6, 6.07) is 0. The van der Waals surface area contributed by atoms with Crippen LogP contribution in [-0.4, -0.2) is 0 Å². The van der Waals surface area contributed by atoms with Crippen LogP contribution in [0.3, 0.4) is 0 Å². The van der Waals surface area contributed by atoms with E-state index in [2.05, 4.69) is 208 Å². The second-order valence-corrected chi connectivity index (χ2v) is 27.4. The average Bonchev–Trinajstić information content (AvgIpc) is 4.24. The maximum absolute atomic E-state index is 2.36. The summed E-state index contributed by atoms with van der Waals surface area (Å²) in [5.41, 5.74) is 1.04. The molecule has 0 heteroatoms. The SMILES string of the molecule is C.C.C.C.C.C.C.C.C.C.C.C.C.C.CC.CC.CC(C)(C)C.CC(C)C.CC1CC1.CC1CCC1.CC1CCCC1.CC1CCC[C@H]1C.CCC.CCC(C)(C)C.CCC(C)C.CCC(C)C.CCC1CC1.CCC1CCC1.CCCC.CCCCC. The van der Waals surface area contributed by atoms with Crippen molar-refractivity contribution in [2.24, 2.45) is 70.0 Å². The van der Waals surface area contributed by atoms with Crippen molar-refractivity contribution in [1.82, 2.24) is 0 Å². The first-order valence-electron chi connectivity index (χ1n) is 34.4. The van der Waals surface area contributed by atoms with Crippen LogP contribution in [0.25, 0.3) is 0 Å². The van der Waals surface area contributed by atoms with E-state index in [1.165, 1.54) is 180 Å². The lowest BCUT2D eigenvalue weighted by Crippen LogP contribution is -2.08. The minimum atomic E-state index is 0. The molecule has 0 N–H and O–H groups in total. The van der Waals surface area contributed by atoms with E-state index >= 15 is 0 Å². The highest BCUT2D eigenvalue weighted by molar-refractivity contribution is 4.70. The molecule has 6 rings (SSSR count). The first-order valence-corrected chi connectivity index (χ1v) is 34.4. The molecule has 0 nitrogen and oxygen atoms in total. The second kappa shape index (κ2) is 131. The van der Waals surface area contributed by atoms with Gasteiger partial charge in [0, 0.05) is 0 Å². The van der Waals surface area contributed by atoms with Crippen LogP contribution in [0.5, 0.6) is 0 Å². The van der Waals surface area contributed by atoms with Gasteiger partial charge in [0.25, 0.3) is 0 Å². The first-order chi connectivity index (χ1) is 34.4. The van der Waals surface area contributed by atoms with Crippen LogP contribution >= 0.6 is 0 Å². The van der Waals surface area contributed by atoms with Crippen LogP contribution in [0.2, 0.25) is 0 Å². The Bertz CT molecular complexity index is 771. The van der Waals surface area contributed by atoms with E-state index in [9.17, 15) is 0 Å². The third kappa shape index (κ3) is 259. The van der Waals surface area contributed by atoms with Gasteiger partial charge in [-0.25, -0.2) is 0 Å². The van der Waals surface area contributed by atoms with Gasteiger partial charge in [0.1, 0.15) is 0 Å². The van der Waals surface area contributed by atoms with E-state index < -0.39 is 0 Å². The molecule has 0 radical (unpaired) electrons.